The molecule has 1 aromatic heterocycles. The number of benzene rings is 1. The predicted octanol–water partition coefficient (Wildman–Crippen LogP) is 2.68. The van der Waals surface area contributed by atoms with E-state index < -0.39 is 0 Å². The SMILES string of the molecule is Cc1c(CO)nc(-c2ccc(OC(C)C)cc2)n1C. The third-order valence-electron chi connectivity index (χ3n) is 3.11. The van der Waals surface area contributed by atoms with Gasteiger partial charge in [0.1, 0.15) is 11.6 Å². The van der Waals surface area contributed by atoms with Crippen LogP contribution in [0.25, 0.3) is 11.4 Å². The summed E-state index contributed by atoms with van der Waals surface area (Å²) in [7, 11) is 1.95. The van der Waals surface area contributed by atoms with Gasteiger partial charge in [-0.2, -0.15) is 0 Å². The second-order valence-electron chi connectivity index (χ2n) is 4.88. The number of rotatable bonds is 4. The van der Waals surface area contributed by atoms with E-state index in [1.807, 2.05) is 56.7 Å². The summed E-state index contributed by atoms with van der Waals surface area (Å²) < 4.78 is 7.61. The second-order valence-corrected chi connectivity index (χ2v) is 4.88. The summed E-state index contributed by atoms with van der Waals surface area (Å²) in [6.45, 7) is 5.93. The molecule has 0 saturated heterocycles. The molecule has 0 saturated carbocycles. The maximum Gasteiger partial charge on any atom is 0.140 e. The summed E-state index contributed by atoms with van der Waals surface area (Å²) in [6.07, 6.45) is 0.169. The lowest BCUT2D eigenvalue weighted by Crippen LogP contribution is -2.05. The van der Waals surface area contributed by atoms with Gasteiger partial charge in [0.05, 0.1) is 18.4 Å². The van der Waals surface area contributed by atoms with Gasteiger partial charge >= 0.3 is 0 Å². The number of ether oxygens (including phenoxy) is 1. The Morgan fingerprint density at radius 1 is 1.26 bits per heavy atom. The Morgan fingerprint density at radius 3 is 2.37 bits per heavy atom. The van der Waals surface area contributed by atoms with E-state index in [1.165, 1.54) is 0 Å². The summed E-state index contributed by atoms with van der Waals surface area (Å²) in [5.74, 6) is 1.71. The molecule has 2 rings (SSSR count). The summed E-state index contributed by atoms with van der Waals surface area (Å²) in [6, 6.07) is 7.86. The van der Waals surface area contributed by atoms with E-state index in [1.54, 1.807) is 0 Å². The lowest BCUT2D eigenvalue weighted by molar-refractivity contribution is 0.242. The van der Waals surface area contributed by atoms with Gasteiger partial charge in [0.2, 0.25) is 0 Å². The summed E-state index contributed by atoms with van der Waals surface area (Å²) >= 11 is 0. The standard InChI is InChI=1S/C15H20N2O2/c1-10(2)19-13-7-5-12(6-8-13)15-16-14(9-18)11(3)17(15)4/h5-8,10,18H,9H2,1-4H3. The molecule has 4 heteroatoms. The summed E-state index contributed by atoms with van der Waals surface area (Å²) in [5, 5.41) is 9.25. The van der Waals surface area contributed by atoms with E-state index in [0.717, 1.165) is 28.5 Å². The normalized spacial score (nSPS) is 11.1. The number of aliphatic hydroxyl groups excluding tert-OH is 1. The van der Waals surface area contributed by atoms with Crippen molar-refractivity contribution in [3.63, 3.8) is 0 Å². The number of aliphatic hydroxyl groups is 1. The fourth-order valence-electron chi connectivity index (χ4n) is 2.00. The van der Waals surface area contributed by atoms with Crippen molar-refractivity contribution >= 4 is 0 Å². The molecule has 0 aliphatic carbocycles. The van der Waals surface area contributed by atoms with Crippen LogP contribution in [0, 0.1) is 6.92 Å². The Balaban J connectivity index is 2.32. The third-order valence-corrected chi connectivity index (χ3v) is 3.11. The van der Waals surface area contributed by atoms with Crippen LogP contribution >= 0.6 is 0 Å². The first-order valence-corrected chi connectivity index (χ1v) is 6.43. The maximum atomic E-state index is 9.25. The van der Waals surface area contributed by atoms with Crippen LogP contribution in [0.3, 0.4) is 0 Å². The zero-order valence-corrected chi connectivity index (χ0v) is 11.8. The van der Waals surface area contributed by atoms with Crippen molar-refractivity contribution in [1.29, 1.82) is 0 Å². The monoisotopic (exact) mass is 260 g/mol. The minimum Gasteiger partial charge on any atom is -0.491 e. The minimum absolute atomic E-state index is 0.0335. The Kier molecular flexibility index (Phi) is 3.90. The van der Waals surface area contributed by atoms with Crippen LogP contribution in [-0.4, -0.2) is 20.8 Å². The molecule has 0 unspecified atom stereocenters. The van der Waals surface area contributed by atoms with Crippen molar-refractivity contribution in [2.45, 2.75) is 33.5 Å². The highest BCUT2D eigenvalue weighted by atomic mass is 16.5. The summed E-state index contributed by atoms with van der Waals surface area (Å²) in [5.41, 5.74) is 2.72. The maximum absolute atomic E-state index is 9.25. The molecule has 1 aromatic carbocycles. The van der Waals surface area contributed by atoms with Crippen LogP contribution in [-0.2, 0) is 13.7 Å². The van der Waals surface area contributed by atoms with Gasteiger partial charge in [-0.25, -0.2) is 4.98 Å². The first kappa shape index (κ1) is 13.6. The lowest BCUT2D eigenvalue weighted by Gasteiger charge is -2.10. The van der Waals surface area contributed by atoms with Gasteiger partial charge in [0.15, 0.2) is 0 Å². The Bertz CT molecular complexity index is 556. The van der Waals surface area contributed by atoms with Crippen molar-refractivity contribution < 1.29 is 9.84 Å². The van der Waals surface area contributed by atoms with Gasteiger partial charge in [0.25, 0.3) is 0 Å². The van der Waals surface area contributed by atoms with Crippen LogP contribution in [0.5, 0.6) is 5.75 Å². The van der Waals surface area contributed by atoms with Crippen molar-refractivity contribution in [2.75, 3.05) is 0 Å². The quantitative estimate of drug-likeness (QED) is 0.919. The van der Waals surface area contributed by atoms with Crippen LogP contribution in [0.2, 0.25) is 0 Å². The second kappa shape index (κ2) is 5.45. The van der Waals surface area contributed by atoms with Gasteiger partial charge in [-0.05, 0) is 45.0 Å². The molecule has 0 aliphatic heterocycles. The smallest absolute Gasteiger partial charge is 0.140 e. The van der Waals surface area contributed by atoms with Crippen LogP contribution in [0.15, 0.2) is 24.3 Å². The highest BCUT2D eigenvalue weighted by Crippen LogP contribution is 2.24. The van der Waals surface area contributed by atoms with Gasteiger partial charge in [-0.3, -0.25) is 0 Å². The minimum atomic E-state index is -0.0335. The molecule has 19 heavy (non-hydrogen) atoms. The van der Waals surface area contributed by atoms with E-state index in [9.17, 15) is 5.11 Å². The van der Waals surface area contributed by atoms with Crippen molar-refractivity contribution in [2.24, 2.45) is 7.05 Å². The molecule has 0 atom stereocenters. The molecule has 0 amide bonds. The van der Waals surface area contributed by atoms with Gasteiger partial charge in [0, 0.05) is 18.3 Å². The van der Waals surface area contributed by atoms with E-state index >= 15 is 0 Å². The number of hydrogen-bond donors (Lipinski definition) is 1. The number of imidazole rings is 1. The number of aromatic nitrogens is 2. The zero-order chi connectivity index (χ0) is 14.0. The molecular weight excluding hydrogens is 240 g/mol. The zero-order valence-electron chi connectivity index (χ0n) is 11.8. The van der Waals surface area contributed by atoms with Gasteiger partial charge in [-0.15, -0.1) is 0 Å². The van der Waals surface area contributed by atoms with Crippen molar-refractivity contribution in [3.8, 4) is 17.1 Å². The molecule has 0 fully saturated rings. The molecule has 2 aromatic rings. The molecule has 0 bridgehead atoms. The Hall–Kier alpha value is -1.81. The fourth-order valence-corrected chi connectivity index (χ4v) is 2.00. The van der Waals surface area contributed by atoms with E-state index in [-0.39, 0.29) is 12.7 Å². The van der Waals surface area contributed by atoms with Gasteiger partial charge in [-0.1, -0.05) is 0 Å². The molecular formula is C15H20N2O2. The average molecular weight is 260 g/mol. The fraction of sp³-hybridized carbons (Fsp3) is 0.400. The van der Waals surface area contributed by atoms with E-state index in [2.05, 4.69) is 4.98 Å². The van der Waals surface area contributed by atoms with Crippen LogP contribution < -0.4 is 4.74 Å². The Morgan fingerprint density at radius 2 is 1.89 bits per heavy atom. The predicted molar refractivity (Wildman–Crippen MR) is 75.1 cm³/mol. The van der Waals surface area contributed by atoms with E-state index in [4.69, 9.17) is 4.74 Å². The molecule has 102 valence electrons. The number of nitrogens with zero attached hydrogens (tertiary/aromatic N) is 2. The first-order chi connectivity index (χ1) is 9.02. The first-order valence-electron chi connectivity index (χ1n) is 6.43. The molecule has 0 spiro atoms. The molecule has 0 radical (unpaired) electrons. The highest BCUT2D eigenvalue weighted by Gasteiger charge is 2.12. The Labute approximate surface area is 113 Å². The van der Waals surface area contributed by atoms with Crippen LogP contribution in [0.4, 0.5) is 0 Å². The van der Waals surface area contributed by atoms with E-state index in [0.29, 0.717) is 0 Å². The molecule has 1 heterocycles. The average Bonchev–Trinajstić information content (AvgIpc) is 2.66. The topological polar surface area (TPSA) is 47.3 Å². The van der Waals surface area contributed by atoms with Crippen molar-refractivity contribution in [1.82, 2.24) is 9.55 Å². The van der Waals surface area contributed by atoms with Gasteiger partial charge < -0.3 is 14.4 Å². The highest BCUT2D eigenvalue weighted by molar-refractivity contribution is 5.58. The van der Waals surface area contributed by atoms with Crippen LogP contribution in [0.1, 0.15) is 25.2 Å². The molecule has 1 N–H and O–H groups in total. The largest absolute Gasteiger partial charge is 0.491 e. The molecule has 4 nitrogen and oxygen atoms in total. The number of hydrogen-bond acceptors (Lipinski definition) is 3. The molecule has 0 aliphatic rings. The third kappa shape index (κ3) is 2.79. The lowest BCUT2D eigenvalue weighted by atomic mass is 10.2. The summed E-state index contributed by atoms with van der Waals surface area (Å²) in [4.78, 5) is 4.46. The van der Waals surface area contributed by atoms with Crippen molar-refractivity contribution in [3.05, 3.63) is 35.7 Å².